The molecule has 0 spiro atoms. The normalized spacial score (nSPS) is 15.6. The van der Waals surface area contributed by atoms with Gasteiger partial charge in [0.25, 0.3) is 5.56 Å². The van der Waals surface area contributed by atoms with Gasteiger partial charge in [-0.3, -0.25) is 14.6 Å². The lowest BCUT2D eigenvalue weighted by Gasteiger charge is -2.34. The number of hydrogen-bond acceptors (Lipinski definition) is 6. The summed E-state index contributed by atoms with van der Waals surface area (Å²) in [6, 6.07) is 2.89. The maximum absolute atomic E-state index is 13.1. The lowest BCUT2D eigenvalue weighted by molar-refractivity contribution is -0.134. The molecule has 0 radical (unpaired) electrons. The van der Waals surface area contributed by atoms with Crippen LogP contribution in [-0.2, 0) is 9.53 Å². The largest absolute Gasteiger partial charge is 0.444 e. The van der Waals surface area contributed by atoms with Crippen LogP contribution in [0, 0.1) is 0 Å². The van der Waals surface area contributed by atoms with Gasteiger partial charge in [0.2, 0.25) is 5.91 Å². The lowest BCUT2D eigenvalue weighted by atomic mass is 9.92. The third kappa shape index (κ3) is 6.56. The zero-order valence-electron chi connectivity index (χ0n) is 20.1. The number of nitrogens with zero attached hydrogens (tertiary/aromatic N) is 3. The number of likely N-dealkylation sites (tertiary alicyclic amines) is 1. The van der Waals surface area contributed by atoms with Crippen molar-refractivity contribution in [1.82, 2.24) is 25.2 Å². The van der Waals surface area contributed by atoms with E-state index in [9.17, 15) is 14.4 Å². The van der Waals surface area contributed by atoms with Gasteiger partial charge in [-0.25, -0.2) is 9.78 Å². The fourth-order valence-corrected chi connectivity index (χ4v) is 4.23. The van der Waals surface area contributed by atoms with Gasteiger partial charge in [-0.1, -0.05) is 24.9 Å². The molecule has 9 nitrogen and oxygen atoms in total. The van der Waals surface area contributed by atoms with E-state index < -0.39 is 17.7 Å². The quantitative estimate of drug-likeness (QED) is 0.635. The van der Waals surface area contributed by atoms with Crippen LogP contribution in [0.3, 0.4) is 0 Å². The SMILES string of the molecule is CCCC(NC(=O)OC(C)(C)C)C(=O)N1CCC(c2nc(-c3ccncc3)[nH]c(=O)c2Cl)CC1. The van der Waals surface area contributed by atoms with E-state index in [-0.39, 0.29) is 22.4 Å². The minimum atomic E-state index is -0.643. The third-order valence-electron chi connectivity index (χ3n) is 5.60. The van der Waals surface area contributed by atoms with Crippen LogP contribution < -0.4 is 10.9 Å². The highest BCUT2D eigenvalue weighted by Gasteiger charge is 2.32. The standard InChI is InChI=1S/C24H32ClN5O4/c1-5-6-17(27-23(33)34-24(2,3)4)22(32)30-13-9-15(10-14-30)19-18(25)21(31)29-20(28-19)16-7-11-26-12-8-16/h7-8,11-12,15,17H,5-6,9-10,13-14H2,1-4H3,(H,27,33)(H,28,29,31). The van der Waals surface area contributed by atoms with Gasteiger partial charge in [0.1, 0.15) is 22.5 Å². The molecule has 2 aromatic rings. The number of pyridine rings is 1. The average Bonchev–Trinajstić information content (AvgIpc) is 2.79. The molecule has 3 rings (SSSR count). The fraction of sp³-hybridized carbons (Fsp3) is 0.542. The highest BCUT2D eigenvalue weighted by molar-refractivity contribution is 6.31. The van der Waals surface area contributed by atoms with E-state index in [2.05, 4.69) is 20.3 Å². The smallest absolute Gasteiger partial charge is 0.408 e. The predicted molar refractivity (Wildman–Crippen MR) is 130 cm³/mol. The van der Waals surface area contributed by atoms with Crippen molar-refractivity contribution in [3.63, 3.8) is 0 Å². The number of aromatic nitrogens is 3. The minimum Gasteiger partial charge on any atom is -0.444 e. The highest BCUT2D eigenvalue weighted by Crippen LogP contribution is 2.31. The summed E-state index contributed by atoms with van der Waals surface area (Å²) >= 11 is 6.33. The lowest BCUT2D eigenvalue weighted by Crippen LogP contribution is -2.51. The van der Waals surface area contributed by atoms with E-state index in [0.717, 1.165) is 12.0 Å². The van der Waals surface area contributed by atoms with E-state index in [0.29, 0.717) is 43.9 Å². The van der Waals surface area contributed by atoms with Crippen molar-refractivity contribution in [2.75, 3.05) is 13.1 Å². The van der Waals surface area contributed by atoms with Gasteiger partial charge in [0.15, 0.2) is 0 Å². The zero-order valence-corrected chi connectivity index (χ0v) is 20.8. The third-order valence-corrected chi connectivity index (χ3v) is 5.97. The first-order valence-electron chi connectivity index (χ1n) is 11.6. The van der Waals surface area contributed by atoms with Crippen molar-refractivity contribution in [1.29, 1.82) is 0 Å². The molecule has 10 heteroatoms. The summed E-state index contributed by atoms with van der Waals surface area (Å²) in [5.41, 5.74) is 0.257. The van der Waals surface area contributed by atoms with Crippen LogP contribution in [-0.4, -0.2) is 56.6 Å². The fourth-order valence-electron chi connectivity index (χ4n) is 3.98. The second-order valence-corrected chi connectivity index (χ2v) is 9.81. The molecule has 1 atom stereocenters. The number of piperidine rings is 1. The number of amides is 2. The zero-order chi connectivity index (χ0) is 24.9. The van der Waals surface area contributed by atoms with Crippen molar-refractivity contribution < 1.29 is 14.3 Å². The Labute approximate surface area is 204 Å². The minimum absolute atomic E-state index is 0.0529. The van der Waals surface area contributed by atoms with Crippen molar-refractivity contribution in [3.8, 4) is 11.4 Å². The van der Waals surface area contributed by atoms with Gasteiger partial charge in [-0.2, -0.15) is 0 Å². The van der Waals surface area contributed by atoms with Crippen LogP contribution in [0.2, 0.25) is 5.02 Å². The molecule has 0 aromatic carbocycles. The second-order valence-electron chi connectivity index (χ2n) is 9.44. The van der Waals surface area contributed by atoms with E-state index in [1.807, 2.05) is 6.92 Å². The van der Waals surface area contributed by atoms with Gasteiger partial charge >= 0.3 is 6.09 Å². The summed E-state index contributed by atoms with van der Waals surface area (Å²) < 4.78 is 5.32. The molecule has 1 unspecified atom stereocenters. The Kier molecular flexibility index (Phi) is 8.30. The van der Waals surface area contributed by atoms with Crippen molar-refractivity contribution in [2.45, 2.75) is 70.9 Å². The molecule has 0 aliphatic carbocycles. The topological polar surface area (TPSA) is 117 Å². The summed E-state index contributed by atoms with van der Waals surface area (Å²) in [7, 11) is 0. The molecule has 2 N–H and O–H groups in total. The number of H-pyrrole nitrogens is 1. The summed E-state index contributed by atoms with van der Waals surface area (Å²) in [4.78, 5) is 50.9. The molecule has 34 heavy (non-hydrogen) atoms. The molecule has 1 aliphatic rings. The van der Waals surface area contributed by atoms with Crippen LogP contribution in [0.1, 0.15) is 65.0 Å². The Morgan fingerprint density at radius 2 is 1.91 bits per heavy atom. The summed E-state index contributed by atoms with van der Waals surface area (Å²) in [6.45, 7) is 8.26. The first kappa shape index (κ1) is 25.7. The maximum atomic E-state index is 13.1. The number of aromatic amines is 1. The van der Waals surface area contributed by atoms with Gasteiger partial charge in [-0.15, -0.1) is 0 Å². The van der Waals surface area contributed by atoms with Crippen LogP contribution in [0.15, 0.2) is 29.3 Å². The van der Waals surface area contributed by atoms with Crippen LogP contribution in [0.4, 0.5) is 4.79 Å². The van der Waals surface area contributed by atoms with E-state index in [4.69, 9.17) is 16.3 Å². The van der Waals surface area contributed by atoms with Crippen molar-refractivity contribution in [3.05, 3.63) is 45.6 Å². The molecule has 2 aromatic heterocycles. The van der Waals surface area contributed by atoms with Crippen LogP contribution >= 0.6 is 11.6 Å². The number of hydrogen-bond donors (Lipinski definition) is 2. The molecule has 2 amide bonds. The van der Waals surface area contributed by atoms with E-state index in [1.165, 1.54) is 0 Å². The molecule has 0 bridgehead atoms. The summed E-state index contributed by atoms with van der Waals surface area (Å²) in [6.07, 6.45) is 5.16. The Balaban J connectivity index is 1.69. The molecular weight excluding hydrogens is 458 g/mol. The number of alkyl carbamates (subject to hydrolysis) is 1. The Morgan fingerprint density at radius 1 is 1.26 bits per heavy atom. The maximum Gasteiger partial charge on any atom is 0.408 e. The number of nitrogens with one attached hydrogen (secondary N) is 2. The number of ether oxygens (including phenoxy) is 1. The Morgan fingerprint density at radius 3 is 2.50 bits per heavy atom. The van der Waals surface area contributed by atoms with Gasteiger partial charge in [0.05, 0.1) is 5.69 Å². The van der Waals surface area contributed by atoms with Gasteiger partial charge in [0, 0.05) is 37.0 Å². The Bertz CT molecular complexity index is 1060. The molecule has 3 heterocycles. The van der Waals surface area contributed by atoms with Crippen molar-refractivity contribution in [2.24, 2.45) is 0 Å². The van der Waals surface area contributed by atoms with Crippen LogP contribution in [0.5, 0.6) is 0 Å². The second kappa shape index (κ2) is 11.0. The Hall–Kier alpha value is -2.94. The molecule has 1 aliphatic heterocycles. The first-order chi connectivity index (χ1) is 16.1. The average molecular weight is 490 g/mol. The van der Waals surface area contributed by atoms with Gasteiger partial charge in [-0.05, 0) is 52.2 Å². The molecule has 0 saturated carbocycles. The summed E-state index contributed by atoms with van der Waals surface area (Å²) in [5, 5.41) is 2.80. The first-order valence-corrected chi connectivity index (χ1v) is 11.9. The molecule has 184 valence electrons. The molecule has 1 saturated heterocycles. The summed E-state index contributed by atoms with van der Waals surface area (Å²) in [5.74, 6) is 0.256. The van der Waals surface area contributed by atoms with Gasteiger partial charge < -0.3 is 19.9 Å². The molecule has 1 fully saturated rings. The van der Waals surface area contributed by atoms with Crippen molar-refractivity contribution >= 4 is 23.6 Å². The van der Waals surface area contributed by atoms with E-state index in [1.54, 1.807) is 50.2 Å². The molecular formula is C24H32ClN5O4. The van der Waals surface area contributed by atoms with E-state index >= 15 is 0 Å². The van der Waals surface area contributed by atoms with Crippen LogP contribution in [0.25, 0.3) is 11.4 Å². The number of halogens is 1. The predicted octanol–water partition coefficient (Wildman–Crippen LogP) is 3.88. The monoisotopic (exact) mass is 489 g/mol. The highest BCUT2D eigenvalue weighted by atomic mass is 35.5. The number of rotatable bonds is 6. The number of carbonyl (C=O) groups excluding carboxylic acids is 2. The number of carbonyl (C=O) groups is 2.